The van der Waals surface area contributed by atoms with Crippen molar-refractivity contribution in [2.24, 2.45) is 0 Å². The molecule has 1 amide bonds. The lowest BCUT2D eigenvalue weighted by Crippen LogP contribution is -2.22. The fourth-order valence-corrected chi connectivity index (χ4v) is 2.96. The molecule has 0 bridgehead atoms. The number of hydrogen-bond acceptors (Lipinski definition) is 5. The standard InChI is InChI=1S/C18H15N5O3/c24-18-17-11-16(21-22(17)8-2-6-20-18)13-5-7-19-15(10-13)12-3-1-4-14(9-12)23(25)26/h1,3-5,7,9-11H,2,6,8H2,(H,20,24). The Bertz CT molecular complexity index is 1010. The van der Waals surface area contributed by atoms with Gasteiger partial charge in [-0.25, -0.2) is 0 Å². The highest BCUT2D eigenvalue weighted by molar-refractivity contribution is 5.94. The highest BCUT2D eigenvalue weighted by atomic mass is 16.6. The Hall–Kier alpha value is -3.55. The maximum Gasteiger partial charge on any atom is 0.270 e. The maximum atomic E-state index is 12.1. The first-order chi connectivity index (χ1) is 12.6. The lowest BCUT2D eigenvalue weighted by Gasteiger charge is -2.03. The van der Waals surface area contributed by atoms with Crippen LogP contribution in [0.1, 0.15) is 16.9 Å². The largest absolute Gasteiger partial charge is 0.351 e. The van der Waals surface area contributed by atoms with E-state index in [1.54, 1.807) is 35.1 Å². The highest BCUT2D eigenvalue weighted by Crippen LogP contribution is 2.27. The van der Waals surface area contributed by atoms with Crippen molar-refractivity contribution in [3.05, 3.63) is 64.5 Å². The Morgan fingerprint density at radius 3 is 2.81 bits per heavy atom. The van der Waals surface area contributed by atoms with Gasteiger partial charge in [0.15, 0.2) is 0 Å². The van der Waals surface area contributed by atoms with Gasteiger partial charge in [-0.15, -0.1) is 0 Å². The van der Waals surface area contributed by atoms with Gasteiger partial charge in [-0.2, -0.15) is 5.10 Å². The monoisotopic (exact) mass is 349 g/mol. The zero-order chi connectivity index (χ0) is 18.1. The lowest BCUT2D eigenvalue weighted by molar-refractivity contribution is -0.384. The Morgan fingerprint density at radius 2 is 1.96 bits per heavy atom. The summed E-state index contributed by atoms with van der Waals surface area (Å²) in [6, 6.07) is 11.7. The van der Waals surface area contributed by atoms with Gasteiger partial charge in [-0.1, -0.05) is 12.1 Å². The van der Waals surface area contributed by atoms with Crippen molar-refractivity contribution >= 4 is 11.6 Å². The number of nitrogens with zero attached hydrogens (tertiary/aromatic N) is 4. The number of carbonyl (C=O) groups excluding carboxylic acids is 1. The molecule has 0 spiro atoms. The van der Waals surface area contributed by atoms with Crippen LogP contribution >= 0.6 is 0 Å². The van der Waals surface area contributed by atoms with Crippen molar-refractivity contribution in [2.45, 2.75) is 13.0 Å². The molecular formula is C18H15N5O3. The molecular weight excluding hydrogens is 334 g/mol. The molecule has 0 atom stereocenters. The van der Waals surface area contributed by atoms with E-state index >= 15 is 0 Å². The van der Waals surface area contributed by atoms with Gasteiger partial charge in [0.1, 0.15) is 5.69 Å². The molecule has 2 aromatic heterocycles. The quantitative estimate of drug-likeness (QED) is 0.578. The minimum atomic E-state index is -0.432. The molecule has 26 heavy (non-hydrogen) atoms. The number of rotatable bonds is 3. The number of fused-ring (bicyclic) bond motifs is 1. The number of pyridine rings is 1. The van der Waals surface area contributed by atoms with Gasteiger partial charge in [0.05, 0.1) is 16.3 Å². The third kappa shape index (κ3) is 2.92. The van der Waals surface area contributed by atoms with Crippen LogP contribution in [0, 0.1) is 10.1 Å². The van der Waals surface area contributed by atoms with Crippen LogP contribution in [0.4, 0.5) is 5.69 Å². The average molecular weight is 349 g/mol. The number of aromatic nitrogens is 3. The minimum Gasteiger partial charge on any atom is -0.351 e. The Kier molecular flexibility index (Phi) is 3.92. The molecule has 0 aliphatic carbocycles. The van der Waals surface area contributed by atoms with Gasteiger partial charge < -0.3 is 5.32 Å². The first-order valence-electron chi connectivity index (χ1n) is 8.19. The van der Waals surface area contributed by atoms with Gasteiger partial charge in [0.25, 0.3) is 11.6 Å². The number of nitrogens with one attached hydrogen (secondary N) is 1. The number of non-ortho nitro benzene ring substituents is 1. The molecule has 0 saturated heterocycles. The molecule has 1 aromatic carbocycles. The molecule has 1 aliphatic rings. The molecule has 8 nitrogen and oxygen atoms in total. The number of benzene rings is 1. The van der Waals surface area contributed by atoms with Crippen molar-refractivity contribution in [3.8, 4) is 22.5 Å². The first-order valence-corrected chi connectivity index (χ1v) is 8.19. The number of aryl methyl sites for hydroxylation is 1. The molecule has 130 valence electrons. The smallest absolute Gasteiger partial charge is 0.270 e. The third-order valence-corrected chi connectivity index (χ3v) is 4.25. The summed E-state index contributed by atoms with van der Waals surface area (Å²) in [6.45, 7) is 1.32. The molecule has 0 radical (unpaired) electrons. The molecule has 0 saturated carbocycles. The van der Waals surface area contributed by atoms with Crippen LogP contribution in [-0.2, 0) is 6.54 Å². The Labute approximate surface area is 148 Å². The van der Waals surface area contributed by atoms with Crippen molar-refractivity contribution in [3.63, 3.8) is 0 Å². The highest BCUT2D eigenvalue weighted by Gasteiger charge is 2.19. The molecule has 4 rings (SSSR count). The van der Waals surface area contributed by atoms with Gasteiger partial charge in [-0.3, -0.25) is 24.6 Å². The van der Waals surface area contributed by atoms with E-state index in [4.69, 9.17) is 0 Å². The number of nitro groups is 1. The van der Waals surface area contributed by atoms with Crippen LogP contribution in [0.15, 0.2) is 48.7 Å². The molecule has 0 unspecified atom stereocenters. The second kappa shape index (κ2) is 6.40. The minimum absolute atomic E-state index is 0.0140. The molecule has 1 aliphatic heterocycles. The molecule has 3 heterocycles. The van der Waals surface area contributed by atoms with Crippen LogP contribution in [0.25, 0.3) is 22.5 Å². The van der Waals surface area contributed by atoms with Gasteiger partial charge in [0.2, 0.25) is 0 Å². The fourth-order valence-electron chi connectivity index (χ4n) is 2.96. The Balaban J connectivity index is 1.73. The van der Waals surface area contributed by atoms with E-state index in [0.29, 0.717) is 35.7 Å². The zero-order valence-electron chi connectivity index (χ0n) is 13.8. The fraction of sp³-hybridized carbons (Fsp3) is 0.167. The second-order valence-corrected chi connectivity index (χ2v) is 5.98. The summed E-state index contributed by atoms with van der Waals surface area (Å²) < 4.78 is 1.71. The molecule has 3 aromatic rings. The van der Waals surface area contributed by atoms with Crippen molar-refractivity contribution in [2.75, 3.05) is 6.54 Å². The summed E-state index contributed by atoms with van der Waals surface area (Å²) in [7, 11) is 0. The second-order valence-electron chi connectivity index (χ2n) is 5.98. The zero-order valence-corrected chi connectivity index (χ0v) is 13.8. The van der Waals surface area contributed by atoms with Crippen LogP contribution < -0.4 is 5.32 Å². The van der Waals surface area contributed by atoms with Crippen molar-refractivity contribution < 1.29 is 9.72 Å². The van der Waals surface area contributed by atoms with Crippen LogP contribution in [0.5, 0.6) is 0 Å². The van der Waals surface area contributed by atoms with Gasteiger partial charge >= 0.3 is 0 Å². The number of carbonyl (C=O) groups is 1. The van der Waals surface area contributed by atoms with Crippen molar-refractivity contribution in [1.29, 1.82) is 0 Å². The maximum absolute atomic E-state index is 12.1. The summed E-state index contributed by atoms with van der Waals surface area (Å²) in [4.78, 5) is 26.9. The molecule has 8 heteroatoms. The van der Waals surface area contributed by atoms with Crippen LogP contribution in [0.3, 0.4) is 0 Å². The van der Waals surface area contributed by atoms with Gasteiger partial charge in [0, 0.05) is 42.5 Å². The van der Waals surface area contributed by atoms with E-state index < -0.39 is 4.92 Å². The molecule has 0 fully saturated rings. The number of hydrogen-bond donors (Lipinski definition) is 1. The third-order valence-electron chi connectivity index (χ3n) is 4.25. The van der Waals surface area contributed by atoms with E-state index in [2.05, 4.69) is 15.4 Å². The summed E-state index contributed by atoms with van der Waals surface area (Å²) in [6.07, 6.45) is 2.46. The van der Waals surface area contributed by atoms with Crippen LogP contribution in [-0.4, -0.2) is 32.1 Å². The summed E-state index contributed by atoms with van der Waals surface area (Å²) >= 11 is 0. The van der Waals surface area contributed by atoms with Crippen molar-refractivity contribution in [1.82, 2.24) is 20.1 Å². The van der Waals surface area contributed by atoms with E-state index in [-0.39, 0.29) is 11.6 Å². The van der Waals surface area contributed by atoms with E-state index in [1.807, 2.05) is 6.07 Å². The first kappa shape index (κ1) is 15.9. The van der Waals surface area contributed by atoms with E-state index in [9.17, 15) is 14.9 Å². The lowest BCUT2D eigenvalue weighted by atomic mass is 10.1. The van der Waals surface area contributed by atoms with Gasteiger partial charge in [-0.05, 0) is 24.6 Å². The van der Waals surface area contributed by atoms with E-state index in [0.717, 1.165) is 12.0 Å². The number of amides is 1. The normalized spacial score (nSPS) is 13.6. The summed E-state index contributed by atoms with van der Waals surface area (Å²) in [5.41, 5.74) is 3.28. The predicted octanol–water partition coefficient (Wildman–Crippen LogP) is 2.65. The topological polar surface area (TPSA) is 103 Å². The summed E-state index contributed by atoms with van der Waals surface area (Å²) in [5, 5.41) is 18.4. The molecule has 1 N–H and O–H groups in total. The SMILES string of the molecule is O=C1NCCCn2nc(-c3ccnc(-c4cccc([N+](=O)[O-])c4)c3)cc21. The average Bonchev–Trinajstić information content (AvgIpc) is 3.02. The van der Waals surface area contributed by atoms with E-state index in [1.165, 1.54) is 12.1 Å². The summed E-state index contributed by atoms with van der Waals surface area (Å²) in [5.74, 6) is -0.130. The van der Waals surface area contributed by atoms with Crippen LogP contribution in [0.2, 0.25) is 0 Å². The predicted molar refractivity (Wildman–Crippen MR) is 94.5 cm³/mol. The number of nitro benzene ring substituents is 1. The Morgan fingerprint density at radius 1 is 1.12 bits per heavy atom.